The molecule has 0 spiro atoms. The lowest BCUT2D eigenvalue weighted by Gasteiger charge is -2.19. The second-order valence-electron chi connectivity index (χ2n) is 4.05. The molecule has 4 heteroatoms. The number of halogens is 2. The van der Waals surface area contributed by atoms with E-state index < -0.39 is 0 Å². The summed E-state index contributed by atoms with van der Waals surface area (Å²) in [5.74, 6) is 0. The zero-order valence-electron chi connectivity index (χ0n) is 10.0. The summed E-state index contributed by atoms with van der Waals surface area (Å²) in [6.07, 6.45) is 4.57. The maximum absolute atomic E-state index is 6.03. The molecule has 2 rings (SSSR count). The van der Waals surface area contributed by atoms with Gasteiger partial charge in [0.15, 0.2) is 0 Å². The lowest BCUT2D eigenvalue weighted by Crippen LogP contribution is -2.09. The van der Waals surface area contributed by atoms with E-state index in [1.807, 2.05) is 30.5 Å². The normalized spacial score (nSPS) is 12.2. The van der Waals surface area contributed by atoms with E-state index in [9.17, 15) is 0 Å². The van der Waals surface area contributed by atoms with Gasteiger partial charge in [0.1, 0.15) is 0 Å². The van der Waals surface area contributed by atoms with Crippen LogP contribution in [0.5, 0.6) is 0 Å². The minimum absolute atomic E-state index is 0.236. The SMILES string of the molecule is CCC(Nc1cncc(Br)c1)c1cccc(Cl)c1. The maximum Gasteiger partial charge on any atom is 0.0542 e. The summed E-state index contributed by atoms with van der Waals surface area (Å²) in [6, 6.07) is 10.2. The maximum atomic E-state index is 6.03. The molecule has 2 nitrogen and oxygen atoms in total. The number of anilines is 1. The zero-order valence-corrected chi connectivity index (χ0v) is 12.4. The summed E-state index contributed by atoms with van der Waals surface area (Å²) in [5.41, 5.74) is 2.18. The van der Waals surface area contributed by atoms with Crippen molar-refractivity contribution in [2.45, 2.75) is 19.4 Å². The number of nitrogens with zero attached hydrogens (tertiary/aromatic N) is 1. The third-order valence-corrected chi connectivity index (χ3v) is 3.37. The number of hydrogen-bond donors (Lipinski definition) is 1. The Morgan fingerprint density at radius 2 is 2.17 bits per heavy atom. The molecule has 0 amide bonds. The standard InChI is InChI=1S/C14H14BrClN2/c1-2-14(10-4-3-5-12(16)6-10)18-13-7-11(15)8-17-9-13/h3-9,14,18H,2H2,1H3. The number of aromatic nitrogens is 1. The van der Waals surface area contributed by atoms with Crippen LogP contribution in [0, 0.1) is 0 Å². The Hall–Kier alpha value is -1.06. The van der Waals surface area contributed by atoms with E-state index in [-0.39, 0.29) is 6.04 Å². The van der Waals surface area contributed by atoms with Crippen LogP contribution < -0.4 is 5.32 Å². The summed E-state index contributed by atoms with van der Waals surface area (Å²) >= 11 is 9.44. The molecule has 2 aromatic rings. The minimum atomic E-state index is 0.236. The number of benzene rings is 1. The van der Waals surface area contributed by atoms with Crippen LogP contribution in [0.15, 0.2) is 47.2 Å². The highest BCUT2D eigenvalue weighted by Gasteiger charge is 2.09. The predicted octanol–water partition coefficient (Wildman–Crippen LogP) is 5.06. The predicted molar refractivity (Wildman–Crippen MR) is 80.0 cm³/mol. The lowest BCUT2D eigenvalue weighted by molar-refractivity contribution is 0.748. The van der Waals surface area contributed by atoms with Crippen LogP contribution in [0.4, 0.5) is 5.69 Å². The average molecular weight is 326 g/mol. The quantitative estimate of drug-likeness (QED) is 0.849. The van der Waals surface area contributed by atoms with Crippen molar-refractivity contribution < 1.29 is 0 Å². The molecule has 0 aliphatic rings. The number of rotatable bonds is 4. The highest BCUT2D eigenvalue weighted by Crippen LogP contribution is 2.25. The number of pyridine rings is 1. The first-order valence-corrected chi connectivity index (χ1v) is 6.98. The van der Waals surface area contributed by atoms with Crippen LogP contribution in [-0.4, -0.2) is 4.98 Å². The monoisotopic (exact) mass is 324 g/mol. The molecular formula is C14H14BrClN2. The molecule has 0 aliphatic carbocycles. The van der Waals surface area contributed by atoms with Crippen LogP contribution in [0.2, 0.25) is 5.02 Å². The Balaban J connectivity index is 2.19. The molecule has 18 heavy (non-hydrogen) atoms. The molecule has 0 radical (unpaired) electrons. The molecule has 1 N–H and O–H groups in total. The summed E-state index contributed by atoms with van der Waals surface area (Å²) in [4.78, 5) is 4.15. The van der Waals surface area contributed by atoms with Crippen molar-refractivity contribution in [3.63, 3.8) is 0 Å². The van der Waals surface area contributed by atoms with Gasteiger partial charge in [-0.05, 0) is 46.1 Å². The molecule has 1 heterocycles. The van der Waals surface area contributed by atoms with E-state index in [0.717, 1.165) is 21.6 Å². The third kappa shape index (κ3) is 3.47. The topological polar surface area (TPSA) is 24.9 Å². The summed E-state index contributed by atoms with van der Waals surface area (Å²) in [7, 11) is 0. The van der Waals surface area contributed by atoms with Gasteiger partial charge in [0.25, 0.3) is 0 Å². The van der Waals surface area contributed by atoms with Crippen LogP contribution in [0.3, 0.4) is 0 Å². The second kappa shape index (κ2) is 6.21. The second-order valence-corrected chi connectivity index (χ2v) is 5.40. The fourth-order valence-electron chi connectivity index (χ4n) is 1.84. The van der Waals surface area contributed by atoms with Crippen molar-refractivity contribution in [1.29, 1.82) is 0 Å². The average Bonchev–Trinajstić information content (AvgIpc) is 2.36. The fraction of sp³-hybridized carbons (Fsp3) is 0.214. The van der Waals surface area contributed by atoms with Crippen LogP contribution in [0.1, 0.15) is 24.9 Å². The van der Waals surface area contributed by atoms with E-state index in [1.54, 1.807) is 6.20 Å². The summed E-state index contributed by atoms with van der Waals surface area (Å²) < 4.78 is 0.966. The smallest absolute Gasteiger partial charge is 0.0542 e. The molecule has 1 atom stereocenters. The summed E-state index contributed by atoms with van der Waals surface area (Å²) in [6.45, 7) is 2.14. The van der Waals surface area contributed by atoms with Gasteiger partial charge in [0, 0.05) is 15.7 Å². The zero-order chi connectivity index (χ0) is 13.0. The molecular weight excluding hydrogens is 312 g/mol. The minimum Gasteiger partial charge on any atom is -0.377 e. The van der Waals surface area contributed by atoms with Gasteiger partial charge < -0.3 is 5.32 Å². The van der Waals surface area contributed by atoms with Crippen molar-refractivity contribution >= 4 is 33.2 Å². The Kier molecular flexibility index (Phi) is 4.61. The van der Waals surface area contributed by atoms with Crippen LogP contribution >= 0.6 is 27.5 Å². The Morgan fingerprint density at radius 3 is 2.83 bits per heavy atom. The molecule has 1 aromatic heterocycles. The van der Waals surface area contributed by atoms with Gasteiger partial charge in [-0.1, -0.05) is 30.7 Å². The first-order valence-electron chi connectivity index (χ1n) is 5.81. The molecule has 1 unspecified atom stereocenters. The van der Waals surface area contributed by atoms with Gasteiger partial charge in [-0.2, -0.15) is 0 Å². The lowest BCUT2D eigenvalue weighted by atomic mass is 10.0. The van der Waals surface area contributed by atoms with Gasteiger partial charge in [0.2, 0.25) is 0 Å². The number of hydrogen-bond acceptors (Lipinski definition) is 2. The van der Waals surface area contributed by atoms with Crippen molar-refractivity contribution in [2.24, 2.45) is 0 Å². The van der Waals surface area contributed by atoms with Crippen molar-refractivity contribution in [2.75, 3.05) is 5.32 Å². The Morgan fingerprint density at radius 1 is 1.33 bits per heavy atom. The van der Waals surface area contributed by atoms with Gasteiger partial charge in [0.05, 0.1) is 17.9 Å². The molecule has 0 saturated carbocycles. The van der Waals surface area contributed by atoms with E-state index in [2.05, 4.69) is 39.2 Å². The molecule has 94 valence electrons. The van der Waals surface area contributed by atoms with Crippen LogP contribution in [0.25, 0.3) is 0 Å². The van der Waals surface area contributed by atoms with Gasteiger partial charge in [-0.25, -0.2) is 0 Å². The molecule has 0 saturated heterocycles. The van der Waals surface area contributed by atoms with E-state index in [0.29, 0.717) is 0 Å². The molecule has 0 bridgehead atoms. The first kappa shape index (κ1) is 13.4. The molecule has 0 fully saturated rings. The van der Waals surface area contributed by atoms with Gasteiger partial charge in [-0.15, -0.1) is 0 Å². The fourth-order valence-corrected chi connectivity index (χ4v) is 2.40. The van der Waals surface area contributed by atoms with E-state index >= 15 is 0 Å². The van der Waals surface area contributed by atoms with Gasteiger partial charge in [-0.3, -0.25) is 4.98 Å². The van der Waals surface area contributed by atoms with Crippen molar-refractivity contribution in [3.05, 3.63) is 57.8 Å². The summed E-state index contributed by atoms with van der Waals surface area (Å²) in [5, 5.41) is 4.23. The van der Waals surface area contributed by atoms with E-state index in [4.69, 9.17) is 11.6 Å². The third-order valence-electron chi connectivity index (χ3n) is 2.71. The first-order chi connectivity index (χ1) is 8.69. The molecule has 1 aromatic carbocycles. The van der Waals surface area contributed by atoms with Crippen LogP contribution in [-0.2, 0) is 0 Å². The highest BCUT2D eigenvalue weighted by molar-refractivity contribution is 9.10. The van der Waals surface area contributed by atoms with E-state index in [1.165, 1.54) is 5.56 Å². The molecule has 0 aliphatic heterocycles. The van der Waals surface area contributed by atoms with Crippen molar-refractivity contribution in [1.82, 2.24) is 4.98 Å². The largest absolute Gasteiger partial charge is 0.377 e. The number of nitrogens with one attached hydrogen (secondary N) is 1. The Bertz CT molecular complexity index is 531. The highest BCUT2D eigenvalue weighted by atomic mass is 79.9. The van der Waals surface area contributed by atoms with Gasteiger partial charge >= 0.3 is 0 Å². The van der Waals surface area contributed by atoms with Crippen molar-refractivity contribution in [3.8, 4) is 0 Å². The Labute approximate surface area is 121 Å².